The molecule has 1 saturated carbocycles. The Morgan fingerprint density at radius 1 is 1.25 bits per heavy atom. The number of hydrogen-bond donors (Lipinski definition) is 1. The molecule has 0 aromatic heterocycles. The molecule has 1 heterocycles. The van der Waals surface area contributed by atoms with Crippen LogP contribution in [0, 0.1) is 11.8 Å². The van der Waals surface area contributed by atoms with E-state index < -0.39 is 0 Å². The Kier molecular flexibility index (Phi) is 4.62. The van der Waals surface area contributed by atoms with E-state index in [0.29, 0.717) is 6.04 Å². The molecular weight excluding hydrogens is 200 g/mol. The largest absolute Gasteiger partial charge is 0.383 e. The maximum absolute atomic E-state index is 5.29. The van der Waals surface area contributed by atoms with E-state index in [0.717, 1.165) is 18.4 Å². The summed E-state index contributed by atoms with van der Waals surface area (Å²) >= 11 is 0. The molecule has 3 nitrogen and oxygen atoms in total. The Hall–Kier alpha value is -0.120. The summed E-state index contributed by atoms with van der Waals surface area (Å²) in [5.41, 5.74) is 0. The number of hydrogen-bond acceptors (Lipinski definition) is 3. The van der Waals surface area contributed by atoms with Gasteiger partial charge >= 0.3 is 0 Å². The fourth-order valence-electron chi connectivity index (χ4n) is 2.62. The van der Waals surface area contributed by atoms with Gasteiger partial charge in [0.15, 0.2) is 0 Å². The molecule has 0 bridgehead atoms. The van der Waals surface area contributed by atoms with Gasteiger partial charge in [-0.2, -0.15) is 0 Å². The van der Waals surface area contributed by atoms with E-state index in [4.69, 9.17) is 4.74 Å². The zero-order valence-electron chi connectivity index (χ0n) is 10.7. The molecule has 0 aromatic carbocycles. The van der Waals surface area contributed by atoms with Crippen molar-refractivity contribution in [2.75, 3.05) is 40.4 Å². The van der Waals surface area contributed by atoms with Crippen LogP contribution >= 0.6 is 0 Å². The molecule has 1 saturated heterocycles. The lowest BCUT2D eigenvalue weighted by Crippen LogP contribution is -2.41. The van der Waals surface area contributed by atoms with E-state index in [1.807, 2.05) is 7.11 Å². The van der Waals surface area contributed by atoms with Crippen molar-refractivity contribution in [1.82, 2.24) is 10.2 Å². The van der Waals surface area contributed by atoms with Gasteiger partial charge in [-0.1, -0.05) is 0 Å². The summed E-state index contributed by atoms with van der Waals surface area (Å²) in [6.45, 7) is 4.62. The topological polar surface area (TPSA) is 24.5 Å². The number of likely N-dealkylation sites (tertiary alicyclic amines) is 1. The van der Waals surface area contributed by atoms with Crippen molar-refractivity contribution in [2.45, 2.75) is 31.7 Å². The van der Waals surface area contributed by atoms with Crippen LogP contribution in [0.2, 0.25) is 0 Å². The standard InChI is InChI=1S/C13H26N2O/c1-15-7-5-11(6-8-15)9-14-13(10-16-2)12-3-4-12/h11-14H,3-10H2,1-2H3. The Morgan fingerprint density at radius 3 is 2.50 bits per heavy atom. The molecule has 0 aromatic rings. The van der Waals surface area contributed by atoms with Gasteiger partial charge in [0.2, 0.25) is 0 Å². The highest BCUT2D eigenvalue weighted by molar-refractivity contribution is 4.87. The third kappa shape index (κ3) is 3.72. The predicted octanol–water partition coefficient (Wildman–Crippen LogP) is 1.34. The second-order valence-electron chi connectivity index (χ2n) is 5.55. The van der Waals surface area contributed by atoms with Crippen LogP contribution in [0.1, 0.15) is 25.7 Å². The average Bonchev–Trinajstić information content (AvgIpc) is 3.10. The Bertz CT molecular complexity index is 198. The number of nitrogens with one attached hydrogen (secondary N) is 1. The number of rotatable bonds is 6. The quantitative estimate of drug-likeness (QED) is 0.740. The normalized spacial score (nSPS) is 25.9. The van der Waals surface area contributed by atoms with Crippen molar-refractivity contribution >= 4 is 0 Å². The first-order valence-corrected chi connectivity index (χ1v) is 6.70. The van der Waals surface area contributed by atoms with E-state index in [2.05, 4.69) is 17.3 Å². The van der Waals surface area contributed by atoms with Crippen molar-refractivity contribution in [3.05, 3.63) is 0 Å². The first kappa shape index (κ1) is 12.3. The molecule has 2 fully saturated rings. The van der Waals surface area contributed by atoms with Gasteiger partial charge < -0.3 is 15.0 Å². The van der Waals surface area contributed by atoms with Crippen molar-refractivity contribution in [3.63, 3.8) is 0 Å². The molecule has 3 heteroatoms. The SMILES string of the molecule is COCC(NCC1CCN(C)CC1)C1CC1. The number of piperidine rings is 1. The Balaban J connectivity index is 1.65. The highest BCUT2D eigenvalue weighted by atomic mass is 16.5. The van der Waals surface area contributed by atoms with Crippen LogP contribution in [0.3, 0.4) is 0 Å². The molecule has 1 aliphatic heterocycles. The first-order chi connectivity index (χ1) is 7.79. The summed E-state index contributed by atoms with van der Waals surface area (Å²) in [6.07, 6.45) is 5.50. The van der Waals surface area contributed by atoms with Gasteiger partial charge in [-0.25, -0.2) is 0 Å². The number of methoxy groups -OCH3 is 1. The van der Waals surface area contributed by atoms with Gasteiger partial charge in [-0.05, 0) is 64.2 Å². The zero-order valence-corrected chi connectivity index (χ0v) is 10.7. The summed E-state index contributed by atoms with van der Waals surface area (Å²) in [5, 5.41) is 3.72. The van der Waals surface area contributed by atoms with Crippen LogP contribution < -0.4 is 5.32 Å². The Morgan fingerprint density at radius 2 is 1.94 bits per heavy atom. The predicted molar refractivity (Wildman–Crippen MR) is 66.6 cm³/mol. The molecule has 16 heavy (non-hydrogen) atoms. The Labute approximate surface area is 99.5 Å². The zero-order chi connectivity index (χ0) is 11.4. The summed E-state index contributed by atoms with van der Waals surface area (Å²) in [4.78, 5) is 2.43. The van der Waals surface area contributed by atoms with Crippen molar-refractivity contribution in [1.29, 1.82) is 0 Å². The molecule has 2 aliphatic rings. The van der Waals surface area contributed by atoms with Gasteiger partial charge in [0, 0.05) is 13.2 Å². The minimum atomic E-state index is 0.615. The van der Waals surface area contributed by atoms with Crippen LogP contribution in [0.4, 0.5) is 0 Å². The maximum Gasteiger partial charge on any atom is 0.0618 e. The molecular formula is C13H26N2O. The third-order valence-electron chi connectivity index (χ3n) is 4.04. The van der Waals surface area contributed by atoms with E-state index in [9.17, 15) is 0 Å². The fourth-order valence-corrected chi connectivity index (χ4v) is 2.62. The lowest BCUT2D eigenvalue weighted by Gasteiger charge is -2.30. The van der Waals surface area contributed by atoms with Gasteiger partial charge in [0.25, 0.3) is 0 Å². The van der Waals surface area contributed by atoms with Crippen molar-refractivity contribution in [3.8, 4) is 0 Å². The van der Waals surface area contributed by atoms with Crippen LogP contribution in [-0.4, -0.2) is 51.3 Å². The molecule has 1 atom stereocenters. The van der Waals surface area contributed by atoms with Crippen molar-refractivity contribution < 1.29 is 4.74 Å². The average molecular weight is 226 g/mol. The fraction of sp³-hybridized carbons (Fsp3) is 1.00. The van der Waals surface area contributed by atoms with Crippen molar-refractivity contribution in [2.24, 2.45) is 11.8 Å². The van der Waals surface area contributed by atoms with E-state index in [-0.39, 0.29) is 0 Å². The van der Waals surface area contributed by atoms with E-state index in [1.165, 1.54) is 45.3 Å². The second-order valence-corrected chi connectivity index (χ2v) is 5.55. The second kappa shape index (κ2) is 5.99. The van der Waals surface area contributed by atoms with E-state index in [1.54, 1.807) is 0 Å². The molecule has 0 radical (unpaired) electrons. The highest BCUT2D eigenvalue weighted by Crippen LogP contribution is 2.32. The van der Waals surface area contributed by atoms with Gasteiger partial charge in [0.1, 0.15) is 0 Å². The molecule has 2 rings (SSSR count). The molecule has 1 unspecified atom stereocenters. The number of nitrogens with zero attached hydrogens (tertiary/aromatic N) is 1. The summed E-state index contributed by atoms with van der Waals surface area (Å²) in [6, 6.07) is 0.615. The monoisotopic (exact) mass is 226 g/mol. The van der Waals surface area contributed by atoms with Gasteiger partial charge in [0.05, 0.1) is 6.61 Å². The lowest BCUT2D eigenvalue weighted by molar-refractivity contribution is 0.148. The molecule has 0 spiro atoms. The van der Waals surface area contributed by atoms with Gasteiger partial charge in [-0.3, -0.25) is 0 Å². The van der Waals surface area contributed by atoms with Gasteiger partial charge in [-0.15, -0.1) is 0 Å². The van der Waals surface area contributed by atoms with Crippen LogP contribution in [0.15, 0.2) is 0 Å². The van der Waals surface area contributed by atoms with E-state index >= 15 is 0 Å². The lowest BCUT2D eigenvalue weighted by atomic mass is 9.96. The smallest absolute Gasteiger partial charge is 0.0618 e. The molecule has 94 valence electrons. The molecule has 1 N–H and O–H groups in total. The minimum absolute atomic E-state index is 0.615. The minimum Gasteiger partial charge on any atom is -0.383 e. The molecule has 1 aliphatic carbocycles. The number of ether oxygens (including phenoxy) is 1. The third-order valence-corrected chi connectivity index (χ3v) is 4.04. The summed E-state index contributed by atoms with van der Waals surface area (Å²) in [5.74, 6) is 1.78. The van der Waals surface area contributed by atoms with Crippen LogP contribution in [0.5, 0.6) is 0 Å². The van der Waals surface area contributed by atoms with Crippen LogP contribution in [0.25, 0.3) is 0 Å². The highest BCUT2D eigenvalue weighted by Gasteiger charge is 2.31. The summed E-state index contributed by atoms with van der Waals surface area (Å²) < 4.78 is 5.29. The first-order valence-electron chi connectivity index (χ1n) is 6.70. The van der Waals surface area contributed by atoms with Crippen LogP contribution in [-0.2, 0) is 4.74 Å². The molecule has 0 amide bonds. The maximum atomic E-state index is 5.29. The summed E-state index contributed by atoms with van der Waals surface area (Å²) in [7, 11) is 4.04.